The molecule has 1 saturated carbocycles. The molecule has 0 spiro atoms. The molecule has 0 bridgehead atoms. The number of nitrogens with one attached hydrogen (secondary N) is 1. The van der Waals surface area contributed by atoms with E-state index in [2.05, 4.69) is 17.2 Å². The molecular weight excluding hydrogens is 242 g/mol. The second-order valence-electron chi connectivity index (χ2n) is 5.07. The van der Waals surface area contributed by atoms with E-state index in [0.29, 0.717) is 11.0 Å². The highest BCUT2D eigenvalue weighted by molar-refractivity contribution is 7.80. The standard InChI is InChI=1S/C14H21N3S/c1-2-10-4-3-5-11(8-10)17-13-9-16-7-6-12(13)14(15)18/h6-7,9-11,17H,2-5,8H2,1H3,(H2,15,18). The molecule has 0 amide bonds. The summed E-state index contributed by atoms with van der Waals surface area (Å²) in [6.07, 6.45) is 9.96. The van der Waals surface area contributed by atoms with Gasteiger partial charge in [0.1, 0.15) is 4.99 Å². The predicted octanol–water partition coefficient (Wildman–Crippen LogP) is 3.10. The summed E-state index contributed by atoms with van der Waals surface area (Å²) in [5.41, 5.74) is 7.62. The van der Waals surface area contributed by atoms with Crippen LogP contribution < -0.4 is 11.1 Å². The van der Waals surface area contributed by atoms with Crippen LogP contribution in [-0.4, -0.2) is 16.0 Å². The first-order valence-electron chi connectivity index (χ1n) is 6.71. The maximum Gasteiger partial charge on any atom is 0.106 e. The Morgan fingerprint density at radius 2 is 2.39 bits per heavy atom. The monoisotopic (exact) mass is 263 g/mol. The third-order valence-corrected chi connectivity index (χ3v) is 4.03. The molecule has 3 N–H and O–H groups in total. The highest BCUT2D eigenvalue weighted by atomic mass is 32.1. The van der Waals surface area contributed by atoms with Crippen LogP contribution in [0, 0.1) is 5.92 Å². The molecule has 4 heteroatoms. The summed E-state index contributed by atoms with van der Waals surface area (Å²) in [7, 11) is 0. The molecular formula is C14H21N3S. The molecule has 1 fully saturated rings. The molecule has 0 radical (unpaired) electrons. The second-order valence-corrected chi connectivity index (χ2v) is 5.51. The van der Waals surface area contributed by atoms with Crippen molar-refractivity contribution in [2.24, 2.45) is 11.7 Å². The van der Waals surface area contributed by atoms with Gasteiger partial charge in [-0.1, -0.05) is 38.4 Å². The van der Waals surface area contributed by atoms with E-state index in [-0.39, 0.29) is 0 Å². The number of hydrogen-bond acceptors (Lipinski definition) is 3. The molecule has 0 aromatic carbocycles. The van der Waals surface area contributed by atoms with Crippen LogP contribution in [0.1, 0.15) is 44.6 Å². The number of hydrogen-bond donors (Lipinski definition) is 2. The van der Waals surface area contributed by atoms with Crippen molar-refractivity contribution >= 4 is 22.9 Å². The average molecular weight is 263 g/mol. The Morgan fingerprint density at radius 1 is 1.56 bits per heavy atom. The van der Waals surface area contributed by atoms with E-state index in [4.69, 9.17) is 18.0 Å². The predicted molar refractivity (Wildman–Crippen MR) is 79.8 cm³/mol. The number of aromatic nitrogens is 1. The lowest BCUT2D eigenvalue weighted by Gasteiger charge is -2.30. The van der Waals surface area contributed by atoms with Gasteiger partial charge in [-0.15, -0.1) is 0 Å². The van der Waals surface area contributed by atoms with Crippen molar-refractivity contribution in [3.63, 3.8) is 0 Å². The zero-order valence-corrected chi connectivity index (χ0v) is 11.7. The van der Waals surface area contributed by atoms with E-state index in [1.807, 2.05) is 12.3 Å². The van der Waals surface area contributed by atoms with Crippen molar-refractivity contribution in [2.75, 3.05) is 5.32 Å². The molecule has 1 aromatic rings. The Labute approximate surface area is 114 Å². The summed E-state index contributed by atoms with van der Waals surface area (Å²) in [4.78, 5) is 4.59. The van der Waals surface area contributed by atoms with Crippen LogP contribution >= 0.6 is 12.2 Å². The lowest BCUT2D eigenvalue weighted by molar-refractivity contribution is 0.327. The molecule has 18 heavy (non-hydrogen) atoms. The van der Waals surface area contributed by atoms with Gasteiger partial charge in [-0.2, -0.15) is 0 Å². The maximum absolute atomic E-state index is 5.74. The van der Waals surface area contributed by atoms with Crippen LogP contribution in [0.4, 0.5) is 5.69 Å². The number of rotatable bonds is 4. The zero-order chi connectivity index (χ0) is 13.0. The Hall–Kier alpha value is -1.16. The van der Waals surface area contributed by atoms with Gasteiger partial charge in [0.05, 0.1) is 11.9 Å². The molecule has 2 unspecified atom stereocenters. The molecule has 1 aliphatic carbocycles. The van der Waals surface area contributed by atoms with E-state index in [1.165, 1.54) is 32.1 Å². The summed E-state index contributed by atoms with van der Waals surface area (Å²) >= 11 is 5.07. The van der Waals surface area contributed by atoms with Gasteiger partial charge in [0.25, 0.3) is 0 Å². The summed E-state index contributed by atoms with van der Waals surface area (Å²) < 4.78 is 0. The van der Waals surface area contributed by atoms with Crippen molar-refractivity contribution in [1.29, 1.82) is 0 Å². The van der Waals surface area contributed by atoms with Gasteiger partial charge in [-0.05, 0) is 24.8 Å². The highest BCUT2D eigenvalue weighted by Gasteiger charge is 2.21. The number of nitrogens with zero attached hydrogens (tertiary/aromatic N) is 1. The van der Waals surface area contributed by atoms with Crippen molar-refractivity contribution in [2.45, 2.75) is 45.1 Å². The fraction of sp³-hybridized carbons (Fsp3) is 0.571. The Morgan fingerprint density at radius 3 is 3.11 bits per heavy atom. The van der Waals surface area contributed by atoms with Gasteiger partial charge in [0.2, 0.25) is 0 Å². The fourth-order valence-corrected chi connectivity index (χ4v) is 2.92. The first kappa shape index (κ1) is 13.3. The van der Waals surface area contributed by atoms with Crippen LogP contribution in [-0.2, 0) is 0 Å². The molecule has 1 aromatic heterocycles. The topological polar surface area (TPSA) is 50.9 Å². The average Bonchev–Trinajstić information content (AvgIpc) is 2.39. The Balaban J connectivity index is 2.07. The number of anilines is 1. The van der Waals surface area contributed by atoms with Crippen molar-refractivity contribution in [1.82, 2.24) is 4.98 Å². The van der Waals surface area contributed by atoms with Crippen molar-refractivity contribution in [3.8, 4) is 0 Å². The summed E-state index contributed by atoms with van der Waals surface area (Å²) in [5, 5.41) is 3.57. The van der Waals surface area contributed by atoms with E-state index >= 15 is 0 Å². The van der Waals surface area contributed by atoms with Gasteiger partial charge < -0.3 is 11.1 Å². The minimum absolute atomic E-state index is 0.433. The van der Waals surface area contributed by atoms with Crippen LogP contribution in [0.2, 0.25) is 0 Å². The van der Waals surface area contributed by atoms with E-state index in [1.54, 1.807) is 6.20 Å². The highest BCUT2D eigenvalue weighted by Crippen LogP contribution is 2.29. The van der Waals surface area contributed by atoms with Gasteiger partial charge in [0.15, 0.2) is 0 Å². The molecule has 3 nitrogen and oxygen atoms in total. The third kappa shape index (κ3) is 3.19. The van der Waals surface area contributed by atoms with Crippen LogP contribution in [0.3, 0.4) is 0 Å². The fourth-order valence-electron chi connectivity index (χ4n) is 2.74. The first-order valence-corrected chi connectivity index (χ1v) is 7.12. The maximum atomic E-state index is 5.74. The largest absolute Gasteiger partial charge is 0.389 e. The Bertz CT molecular complexity index is 419. The lowest BCUT2D eigenvalue weighted by atomic mass is 9.84. The minimum atomic E-state index is 0.433. The number of pyridine rings is 1. The Kier molecular flexibility index (Phi) is 4.53. The number of nitrogens with two attached hydrogens (primary N) is 1. The lowest BCUT2D eigenvalue weighted by Crippen LogP contribution is -2.28. The van der Waals surface area contributed by atoms with Crippen LogP contribution in [0.15, 0.2) is 18.5 Å². The van der Waals surface area contributed by atoms with Gasteiger partial charge >= 0.3 is 0 Å². The van der Waals surface area contributed by atoms with Gasteiger partial charge in [-0.25, -0.2) is 0 Å². The first-order chi connectivity index (χ1) is 8.70. The summed E-state index contributed by atoms with van der Waals surface area (Å²) in [5.74, 6) is 0.848. The van der Waals surface area contributed by atoms with E-state index < -0.39 is 0 Å². The quantitative estimate of drug-likeness (QED) is 0.820. The smallest absolute Gasteiger partial charge is 0.106 e. The van der Waals surface area contributed by atoms with Crippen molar-refractivity contribution in [3.05, 3.63) is 24.0 Å². The molecule has 0 saturated heterocycles. The SMILES string of the molecule is CCC1CCCC(Nc2cnccc2C(N)=S)C1. The van der Waals surface area contributed by atoms with E-state index in [0.717, 1.165) is 17.2 Å². The summed E-state index contributed by atoms with van der Waals surface area (Å²) in [6.45, 7) is 2.28. The molecule has 1 heterocycles. The normalized spacial score (nSPS) is 23.6. The molecule has 0 aliphatic heterocycles. The van der Waals surface area contributed by atoms with E-state index in [9.17, 15) is 0 Å². The van der Waals surface area contributed by atoms with Crippen LogP contribution in [0.25, 0.3) is 0 Å². The second kappa shape index (κ2) is 6.14. The molecule has 1 aliphatic rings. The van der Waals surface area contributed by atoms with Crippen molar-refractivity contribution < 1.29 is 0 Å². The van der Waals surface area contributed by atoms with Crippen LogP contribution in [0.5, 0.6) is 0 Å². The summed E-state index contributed by atoms with van der Waals surface area (Å²) in [6, 6.07) is 2.41. The molecule has 98 valence electrons. The molecule has 2 rings (SSSR count). The number of thiocarbonyl (C=S) groups is 1. The zero-order valence-electron chi connectivity index (χ0n) is 10.9. The van der Waals surface area contributed by atoms with Gasteiger partial charge in [0, 0.05) is 17.8 Å². The minimum Gasteiger partial charge on any atom is -0.389 e. The third-order valence-electron chi connectivity index (χ3n) is 3.81. The van der Waals surface area contributed by atoms with Gasteiger partial charge in [-0.3, -0.25) is 4.98 Å². The molecule has 2 atom stereocenters.